The van der Waals surface area contributed by atoms with Crippen LogP contribution in [0.5, 0.6) is 5.75 Å². The number of ether oxygens (including phenoxy) is 1. The molecule has 9 heteroatoms. The van der Waals surface area contributed by atoms with E-state index in [9.17, 15) is 20.2 Å². The molecule has 0 aliphatic rings. The predicted molar refractivity (Wildman–Crippen MR) is 127 cm³/mol. The van der Waals surface area contributed by atoms with E-state index < -0.39 is 10.8 Å². The van der Waals surface area contributed by atoms with Gasteiger partial charge in [0.05, 0.1) is 9.95 Å². The van der Waals surface area contributed by atoms with Crippen LogP contribution >= 0.6 is 23.2 Å². The van der Waals surface area contributed by atoms with Crippen molar-refractivity contribution in [2.45, 2.75) is 13.5 Å². The average molecular weight is 482 g/mol. The molecule has 1 N–H and O–H groups in total. The van der Waals surface area contributed by atoms with Crippen molar-refractivity contribution in [3.05, 3.63) is 103 Å². The Labute approximate surface area is 200 Å². The molecule has 3 rings (SSSR count). The number of nitro benzene ring substituents is 1. The van der Waals surface area contributed by atoms with E-state index in [2.05, 4.69) is 5.32 Å². The Morgan fingerprint density at radius 3 is 2.52 bits per heavy atom. The van der Waals surface area contributed by atoms with Crippen LogP contribution in [-0.4, -0.2) is 10.8 Å². The molecule has 0 radical (unpaired) electrons. The van der Waals surface area contributed by atoms with Gasteiger partial charge in [0.2, 0.25) is 0 Å². The molecular formula is C24H17Cl2N3O4. The molecule has 0 saturated carbocycles. The number of halogens is 2. The van der Waals surface area contributed by atoms with Crippen LogP contribution in [0.15, 0.2) is 66.2 Å². The lowest BCUT2D eigenvalue weighted by molar-refractivity contribution is -0.384. The van der Waals surface area contributed by atoms with Crippen LogP contribution in [0.2, 0.25) is 10.0 Å². The zero-order valence-corrected chi connectivity index (χ0v) is 18.9. The molecule has 0 unspecified atom stereocenters. The second kappa shape index (κ2) is 10.6. The van der Waals surface area contributed by atoms with Gasteiger partial charge in [0.1, 0.15) is 24.0 Å². The second-order valence-electron chi connectivity index (χ2n) is 6.99. The van der Waals surface area contributed by atoms with Gasteiger partial charge in [-0.25, -0.2) is 0 Å². The first kappa shape index (κ1) is 23.8. The summed E-state index contributed by atoms with van der Waals surface area (Å²) in [4.78, 5) is 22.8. The number of anilines is 1. The molecule has 3 aromatic rings. The lowest BCUT2D eigenvalue weighted by Crippen LogP contribution is -2.14. The minimum absolute atomic E-state index is 0.00391. The summed E-state index contributed by atoms with van der Waals surface area (Å²) in [5.41, 5.74) is 2.49. The first-order chi connectivity index (χ1) is 15.8. The number of hydrogen-bond donors (Lipinski definition) is 1. The van der Waals surface area contributed by atoms with E-state index in [1.54, 1.807) is 48.5 Å². The molecule has 33 heavy (non-hydrogen) atoms. The summed E-state index contributed by atoms with van der Waals surface area (Å²) in [6, 6.07) is 17.8. The molecule has 0 atom stereocenters. The first-order valence-corrected chi connectivity index (χ1v) is 10.4. The lowest BCUT2D eigenvalue weighted by atomic mass is 10.1. The van der Waals surface area contributed by atoms with Crippen LogP contribution in [0.25, 0.3) is 6.08 Å². The zero-order valence-electron chi connectivity index (χ0n) is 17.3. The summed E-state index contributed by atoms with van der Waals surface area (Å²) in [5, 5.41) is 23.6. The van der Waals surface area contributed by atoms with Crippen molar-refractivity contribution in [2.24, 2.45) is 0 Å². The number of nitrogens with one attached hydrogen (secondary N) is 1. The number of nitro groups is 1. The summed E-state index contributed by atoms with van der Waals surface area (Å²) in [6.45, 7) is 1.98. The SMILES string of the molecule is Cc1ccc(Cl)cc1NC(=O)/C(C#N)=C/c1ccc(OCc2ccc([N+](=O)[O-])cc2)c(Cl)c1. The number of carbonyl (C=O) groups is 1. The molecular weight excluding hydrogens is 465 g/mol. The lowest BCUT2D eigenvalue weighted by Gasteiger charge is -2.10. The van der Waals surface area contributed by atoms with Crippen LogP contribution in [0.1, 0.15) is 16.7 Å². The first-order valence-electron chi connectivity index (χ1n) is 9.62. The minimum atomic E-state index is -0.572. The summed E-state index contributed by atoms with van der Waals surface area (Å²) in [7, 11) is 0. The number of carbonyl (C=O) groups excluding carboxylic acids is 1. The Hall–Kier alpha value is -3.86. The summed E-state index contributed by atoms with van der Waals surface area (Å²) < 4.78 is 5.68. The van der Waals surface area contributed by atoms with Crippen molar-refractivity contribution in [2.75, 3.05) is 5.32 Å². The standard InChI is InChI=1S/C24H17Cl2N3O4/c1-15-2-6-19(25)12-22(15)28-24(30)18(13-27)10-17-5-9-23(21(26)11-17)33-14-16-3-7-20(8-4-16)29(31)32/h2-12H,14H2,1H3,(H,28,30)/b18-10+. The van der Waals surface area contributed by atoms with Crippen LogP contribution in [0.3, 0.4) is 0 Å². The van der Waals surface area contributed by atoms with Gasteiger partial charge < -0.3 is 10.1 Å². The summed E-state index contributed by atoms with van der Waals surface area (Å²) in [5.74, 6) is -0.179. The fourth-order valence-corrected chi connectivity index (χ4v) is 3.25. The molecule has 0 aliphatic heterocycles. The van der Waals surface area contributed by atoms with Crippen molar-refractivity contribution in [1.29, 1.82) is 5.26 Å². The number of nitrogens with zero attached hydrogens (tertiary/aromatic N) is 2. The van der Waals surface area contributed by atoms with Crippen LogP contribution in [0, 0.1) is 28.4 Å². The Kier molecular flexibility index (Phi) is 7.67. The van der Waals surface area contributed by atoms with E-state index in [4.69, 9.17) is 27.9 Å². The van der Waals surface area contributed by atoms with E-state index in [-0.39, 0.29) is 22.9 Å². The average Bonchev–Trinajstić information content (AvgIpc) is 2.79. The molecule has 0 saturated heterocycles. The number of hydrogen-bond acceptors (Lipinski definition) is 5. The molecule has 0 aromatic heterocycles. The van der Waals surface area contributed by atoms with Gasteiger partial charge in [-0.1, -0.05) is 35.3 Å². The molecule has 7 nitrogen and oxygen atoms in total. The van der Waals surface area contributed by atoms with E-state index in [1.807, 2.05) is 13.0 Å². The number of amides is 1. The second-order valence-corrected chi connectivity index (χ2v) is 7.83. The van der Waals surface area contributed by atoms with Crippen molar-refractivity contribution in [3.63, 3.8) is 0 Å². The third-order valence-corrected chi connectivity index (χ3v) is 5.15. The van der Waals surface area contributed by atoms with Gasteiger partial charge >= 0.3 is 0 Å². The topological polar surface area (TPSA) is 105 Å². The van der Waals surface area contributed by atoms with E-state index >= 15 is 0 Å². The maximum atomic E-state index is 12.5. The smallest absolute Gasteiger partial charge is 0.269 e. The highest BCUT2D eigenvalue weighted by Gasteiger charge is 2.12. The Balaban J connectivity index is 1.70. The molecule has 0 bridgehead atoms. The number of aryl methyl sites for hydroxylation is 1. The van der Waals surface area contributed by atoms with Gasteiger partial charge in [-0.05, 0) is 66.1 Å². The fraction of sp³-hybridized carbons (Fsp3) is 0.0833. The molecule has 0 heterocycles. The maximum absolute atomic E-state index is 12.5. The van der Waals surface area contributed by atoms with Crippen LogP contribution in [0.4, 0.5) is 11.4 Å². The quantitative estimate of drug-likeness (QED) is 0.183. The third-order valence-electron chi connectivity index (χ3n) is 4.62. The normalized spacial score (nSPS) is 10.9. The highest BCUT2D eigenvalue weighted by molar-refractivity contribution is 6.32. The minimum Gasteiger partial charge on any atom is -0.487 e. The molecule has 3 aromatic carbocycles. The number of rotatable bonds is 7. The van der Waals surface area contributed by atoms with E-state index in [0.717, 1.165) is 11.1 Å². The number of nitriles is 1. The highest BCUT2D eigenvalue weighted by Crippen LogP contribution is 2.28. The van der Waals surface area contributed by atoms with E-state index in [1.165, 1.54) is 18.2 Å². The fourth-order valence-electron chi connectivity index (χ4n) is 2.83. The molecule has 0 aliphatic carbocycles. The monoisotopic (exact) mass is 481 g/mol. The predicted octanol–water partition coefficient (Wildman–Crippen LogP) is 6.33. The van der Waals surface area contributed by atoms with Gasteiger partial charge in [0, 0.05) is 22.8 Å². The Morgan fingerprint density at radius 2 is 1.88 bits per heavy atom. The van der Waals surface area contributed by atoms with Crippen molar-refractivity contribution < 1.29 is 14.5 Å². The van der Waals surface area contributed by atoms with Gasteiger partial charge in [-0.2, -0.15) is 5.26 Å². The van der Waals surface area contributed by atoms with Gasteiger partial charge in [-0.3, -0.25) is 14.9 Å². The molecule has 0 spiro atoms. The van der Waals surface area contributed by atoms with Crippen molar-refractivity contribution in [3.8, 4) is 11.8 Å². The van der Waals surface area contributed by atoms with E-state index in [0.29, 0.717) is 22.0 Å². The zero-order chi connectivity index (χ0) is 24.0. The maximum Gasteiger partial charge on any atom is 0.269 e. The third kappa shape index (κ3) is 6.32. The van der Waals surface area contributed by atoms with Crippen molar-refractivity contribution in [1.82, 2.24) is 0 Å². The van der Waals surface area contributed by atoms with Crippen LogP contribution in [-0.2, 0) is 11.4 Å². The van der Waals surface area contributed by atoms with Gasteiger partial charge in [0.15, 0.2) is 0 Å². The Bertz CT molecular complexity index is 1280. The number of non-ortho nitro benzene ring substituents is 1. The van der Waals surface area contributed by atoms with Gasteiger partial charge in [0.25, 0.3) is 11.6 Å². The highest BCUT2D eigenvalue weighted by atomic mass is 35.5. The van der Waals surface area contributed by atoms with Crippen LogP contribution < -0.4 is 10.1 Å². The summed E-state index contributed by atoms with van der Waals surface area (Å²) >= 11 is 12.3. The number of benzene rings is 3. The van der Waals surface area contributed by atoms with Gasteiger partial charge in [-0.15, -0.1) is 0 Å². The Morgan fingerprint density at radius 1 is 1.15 bits per heavy atom. The molecule has 166 valence electrons. The van der Waals surface area contributed by atoms with Crippen molar-refractivity contribution >= 4 is 46.6 Å². The summed E-state index contributed by atoms with van der Waals surface area (Å²) in [6.07, 6.45) is 1.42. The molecule has 0 fully saturated rings. The largest absolute Gasteiger partial charge is 0.487 e. The molecule has 1 amide bonds.